The Morgan fingerprint density at radius 1 is 1.16 bits per heavy atom. The molecule has 0 bridgehead atoms. The van der Waals surface area contributed by atoms with Gasteiger partial charge in [0.2, 0.25) is 0 Å². The van der Waals surface area contributed by atoms with E-state index in [2.05, 4.69) is 27.9 Å². The molecule has 19 heavy (non-hydrogen) atoms. The van der Waals surface area contributed by atoms with Crippen LogP contribution in [0.15, 0.2) is 24.3 Å². The summed E-state index contributed by atoms with van der Waals surface area (Å²) in [4.78, 5) is 1.87. The smallest absolute Gasteiger partial charge is 0.258 e. The monoisotopic (exact) mass is 424 g/mol. The van der Waals surface area contributed by atoms with Crippen molar-refractivity contribution < 1.29 is 8.78 Å². The van der Waals surface area contributed by atoms with E-state index >= 15 is 0 Å². The molecule has 1 atom stereocenters. The fourth-order valence-corrected chi connectivity index (χ4v) is 2.73. The maximum atomic E-state index is 13.2. The van der Waals surface area contributed by atoms with Gasteiger partial charge in [-0.2, -0.15) is 0 Å². The van der Waals surface area contributed by atoms with Crippen molar-refractivity contribution >= 4 is 47.4 Å². The number of nitrogens with zero attached hydrogens (tertiary/aromatic N) is 1. The molecule has 1 N–H and O–H groups in total. The van der Waals surface area contributed by atoms with Gasteiger partial charge in [0.15, 0.2) is 0 Å². The first kappa shape index (κ1) is 19.3. The molecule has 7 heteroatoms. The molecule has 0 saturated carbocycles. The van der Waals surface area contributed by atoms with Gasteiger partial charge < -0.3 is 5.32 Å². The Kier molecular flexibility index (Phi) is 9.43. The first-order valence-corrected chi connectivity index (χ1v) is 6.75. The predicted molar refractivity (Wildman–Crippen MR) is 86.8 cm³/mol. The number of rotatable bonds is 3. The summed E-state index contributed by atoms with van der Waals surface area (Å²) in [5.41, 5.74) is 0.716. The average Bonchev–Trinajstić information content (AvgIpc) is 2.30. The van der Waals surface area contributed by atoms with E-state index in [1.807, 2.05) is 23.1 Å². The number of hydrogen-bond acceptors (Lipinski definition) is 2. The third-order valence-electron chi connectivity index (χ3n) is 2.97. The zero-order chi connectivity index (χ0) is 12.3. The Labute approximate surface area is 138 Å². The molecule has 2 nitrogen and oxygen atoms in total. The molecule has 0 aromatic heterocycles. The summed E-state index contributed by atoms with van der Waals surface area (Å²) in [5, 5.41) is 3.18. The van der Waals surface area contributed by atoms with Crippen LogP contribution in [-0.4, -0.2) is 37.5 Å². The zero-order valence-corrected chi connectivity index (χ0v) is 14.0. The summed E-state index contributed by atoms with van der Waals surface area (Å²) < 4.78 is 27.5. The Balaban J connectivity index is 0.00000162. The lowest BCUT2D eigenvalue weighted by Gasteiger charge is -2.34. The maximum absolute atomic E-state index is 13.2. The van der Waals surface area contributed by atoms with Crippen molar-refractivity contribution in [1.82, 2.24) is 10.2 Å². The third-order valence-corrected chi connectivity index (χ3v) is 3.64. The van der Waals surface area contributed by atoms with Crippen LogP contribution in [0.3, 0.4) is 0 Å². The molecule has 1 aromatic carbocycles. The Bertz CT molecular complexity index is 377. The van der Waals surface area contributed by atoms with E-state index in [0.29, 0.717) is 18.7 Å². The van der Waals surface area contributed by atoms with Gasteiger partial charge in [-0.3, -0.25) is 4.90 Å². The lowest BCUT2D eigenvalue weighted by molar-refractivity contribution is 0.0181. The summed E-state index contributed by atoms with van der Waals surface area (Å²) >= 11 is 2.16. The summed E-state index contributed by atoms with van der Waals surface area (Å²) in [6.45, 7) is 2.93. The SMILES string of the molecule is Cl.Cl.FC(F)[C@@H](c1cccc(I)c1)N1CCNCC1. The fraction of sp³-hybridized carbons (Fsp3) is 0.500. The van der Waals surface area contributed by atoms with Crippen LogP contribution < -0.4 is 5.32 Å². The van der Waals surface area contributed by atoms with E-state index in [1.165, 1.54) is 0 Å². The lowest BCUT2D eigenvalue weighted by Crippen LogP contribution is -2.46. The molecule has 0 spiro atoms. The minimum absolute atomic E-state index is 0. The highest BCUT2D eigenvalue weighted by atomic mass is 127. The summed E-state index contributed by atoms with van der Waals surface area (Å²) in [5.74, 6) is 0. The second kappa shape index (κ2) is 9.28. The van der Waals surface area contributed by atoms with Crippen molar-refractivity contribution in [2.45, 2.75) is 12.5 Å². The number of alkyl halides is 2. The summed E-state index contributed by atoms with van der Waals surface area (Å²) in [6.07, 6.45) is -2.34. The van der Waals surface area contributed by atoms with Gasteiger partial charge in [0.25, 0.3) is 6.43 Å². The molecule has 1 saturated heterocycles. The van der Waals surface area contributed by atoms with E-state index in [1.54, 1.807) is 6.07 Å². The first-order chi connectivity index (χ1) is 8.18. The molecule has 1 aliphatic rings. The molecule has 1 aromatic rings. The number of halogens is 5. The van der Waals surface area contributed by atoms with E-state index in [9.17, 15) is 8.78 Å². The van der Waals surface area contributed by atoms with Gasteiger partial charge in [0.1, 0.15) is 0 Å². The lowest BCUT2D eigenvalue weighted by atomic mass is 10.1. The predicted octanol–water partition coefficient (Wildman–Crippen LogP) is 3.35. The number of nitrogens with one attached hydrogen (secondary N) is 1. The molecule has 1 heterocycles. The van der Waals surface area contributed by atoms with E-state index < -0.39 is 12.5 Å². The highest BCUT2D eigenvalue weighted by Crippen LogP contribution is 2.28. The summed E-state index contributed by atoms with van der Waals surface area (Å²) in [6, 6.07) is 6.63. The molecule has 1 aliphatic heterocycles. The quantitative estimate of drug-likeness (QED) is 0.748. The van der Waals surface area contributed by atoms with E-state index in [4.69, 9.17) is 0 Å². The topological polar surface area (TPSA) is 15.3 Å². The summed E-state index contributed by atoms with van der Waals surface area (Å²) in [7, 11) is 0. The Morgan fingerprint density at radius 3 is 2.32 bits per heavy atom. The van der Waals surface area contributed by atoms with Crippen LogP contribution in [0.1, 0.15) is 11.6 Å². The van der Waals surface area contributed by atoms with Crippen LogP contribution in [0.25, 0.3) is 0 Å². The Morgan fingerprint density at radius 2 is 1.79 bits per heavy atom. The van der Waals surface area contributed by atoms with Crippen molar-refractivity contribution in [3.63, 3.8) is 0 Å². The van der Waals surface area contributed by atoms with Gasteiger partial charge >= 0.3 is 0 Å². The molecule has 1 fully saturated rings. The van der Waals surface area contributed by atoms with Gasteiger partial charge in [-0.05, 0) is 40.3 Å². The first-order valence-electron chi connectivity index (χ1n) is 5.67. The van der Waals surface area contributed by atoms with Crippen LogP contribution in [0.4, 0.5) is 8.78 Å². The minimum Gasteiger partial charge on any atom is -0.314 e. The third kappa shape index (κ3) is 5.30. The molecule has 0 aliphatic carbocycles. The molecular weight excluding hydrogens is 408 g/mol. The molecule has 0 amide bonds. The molecule has 2 rings (SSSR count). The van der Waals surface area contributed by atoms with Gasteiger partial charge in [-0.1, -0.05) is 12.1 Å². The zero-order valence-electron chi connectivity index (χ0n) is 10.2. The van der Waals surface area contributed by atoms with Crippen molar-refractivity contribution in [3.05, 3.63) is 33.4 Å². The van der Waals surface area contributed by atoms with Crippen LogP contribution >= 0.6 is 47.4 Å². The van der Waals surface area contributed by atoms with Crippen molar-refractivity contribution in [3.8, 4) is 0 Å². The second-order valence-corrected chi connectivity index (χ2v) is 5.37. The van der Waals surface area contributed by atoms with Crippen LogP contribution in [0.5, 0.6) is 0 Å². The van der Waals surface area contributed by atoms with Crippen molar-refractivity contribution in [1.29, 1.82) is 0 Å². The fourth-order valence-electron chi connectivity index (χ4n) is 2.17. The number of benzene rings is 1. The van der Waals surface area contributed by atoms with Crippen LogP contribution in [0, 0.1) is 3.57 Å². The largest absolute Gasteiger partial charge is 0.314 e. The standard InChI is InChI=1S/C12H15F2IN2.2ClH/c13-12(14)11(17-6-4-16-5-7-17)9-2-1-3-10(15)8-9;;/h1-3,8,11-12,16H,4-7H2;2*1H/t11-;;/m1../s1. The van der Waals surface area contributed by atoms with Gasteiger partial charge in [-0.15, -0.1) is 24.8 Å². The Hall–Kier alpha value is 0.310. The number of hydrogen-bond donors (Lipinski definition) is 1. The van der Waals surface area contributed by atoms with Gasteiger partial charge in [0.05, 0.1) is 6.04 Å². The van der Waals surface area contributed by atoms with Crippen LogP contribution in [0.2, 0.25) is 0 Å². The highest BCUT2D eigenvalue weighted by Gasteiger charge is 2.29. The molecular formula is C12H17Cl2F2IN2. The number of piperazine rings is 1. The molecule has 0 unspecified atom stereocenters. The normalized spacial score (nSPS) is 17.5. The molecule has 110 valence electrons. The van der Waals surface area contributed by atoms with E-state index in [0.717, 1.165) is 16.7 Å². The average molecular weight is 425 g/mol. The van der Waals surface area contributed by atoms with E-state index in [-0.39, 0.29) is 24.8 Å². The van der Waals surface area contributed by atoms with Gasteiger partial charge in [-0.25, -0.2) is 8.78 Å². The molecule has 0 radical (unpaired) electrons. The van der Waals surface area contributed by atoms with Crippen LogP contribution in [-0.2, 0) is 0 Å². The maximum Gasteiger partial charge on any atom is 0.258 e. The second-order valence-electron chi connectivity index (χ2n) is 4.12. The minimum atomic E-state index is -2.34. The van der Waals surface area contributed by atoms with Gasteiger partial charge in [0, 0.05) is 29.7 Å². The van der Waals surface area contributed by atoms with Crippen molar-refractivity contribution in [2.24, 2.45) is 0 Å². The highest BCUT2D eigenvalue weighted by molar-refractivity contribution is 14.1. The van der Waals surface area contributed by atoms with Crippen molar-refractivity contribution in [2.75, 3.05) is 26.2 Å².